The smallest absolute Gasteiger partial charge is 0.0702 e. The predicted octanol–water partition coefficient (Wildman–Crippen LogP) is 10.2. The molecule has 0 unspecified atom stereocenters. The minimum atomic E-state index is 1.05. The monoisotopic (exact) mass is 455 g/mol. The third-order valence-electron chi connectivity index (χ3n) is 6.94. The topological polar surface area (TPSA) is 12.9 Å². The van der Waals surface area contributed by atoms with Gasteiger partial charge in [0.25, 0.3) is 0 Å². The van der Waals surface area contributed by atoms with E-state index in [4.69, 9.17) is 4.98 Å². The molecule has 0 N–H and O–H groups in total. The molecule has 182 valence electrons. The Kier molecular flexibility index (Phi) is 11.9. The fourth-order valence-corrected chi connectivity index (χ4v) is 4.66. The van der Waals surface area contributed by atoms with Crippen LogP contribution in [0.2, 0.25) is 0 Å². The Hall–Kier alpha value is -2.41. The highest BCUT2D eigenvalue weighted by Crippen LogP contribution is 2.24. The van der Waals surface area contributed by atoms with Crippen LogP contribution < -0.4 is 0 Å². The summed E-state index contributed by atoms with van der Waals surface area (Å²) in [5.41, 5.74) is 7.58. The molecule has 0 spiro atoms. The predicted molar refractivity (Wildman–Crippen MR) is 149 cm³/mol. The molecule has 0 aliphatic heterocycles. The van der Waals surface area contributed by atoms with Crippen molar-refractivity contribution in [2.75, 3.05) is 0 Å². The fourth-order valence-electron chi connectivity index (χ4n) is 4.66. The van der Waals surface area contributed by atoms with E-state index in [-0.39, 0.29) is 0 Å². The van der Waals surface area contributed by atoms with Crippen molar-refractivity contribution in [2.24, 2.45) is 0 Å². The quantitative estimate of drug-likeness (QED) is 0.196. The van der Waals surface area contributed by atoms with Crippen LogP contribution in [0, 0.1) is 0 Å². The summed E-state index contributed by atoms with van der Waals surface area (Å²) >= 11 is 0. The van der Waals surface area contributed by atoms with E-state index in [0.717, 1.165) is 5.69 Å². The lowest BCUT2D eigenvalue weighted by Gasteiger charge is -2.07. The van der Waals surface area contributed by atoms with Gasteiger partial charge in [0, 0.05) is 17.3 Å². The van der Waals surface area contributed by atoms with Gasteiger partial charge in [-0.1, -0.05) is 133 Å². The molecule has 34 heavy (non-hydrogen) atoms. The molecular weight excluding hydrogens is 410 g/mol. The van der Waals surface area contributed by atoms with Crippen molar-refractivity contribution >= 4 is 0 Å². The van der Waals surface area contributed by atoms with Crippen LogP contribution in [0.5, 0.6) is 0 Å². The first-order valence-electron chi connectivity index (χ1n) is 13.9. The Morgan fingerprint density at radius 2 is 0.882 bits per heavy atom. The molecule has 0 saturated carbocycles. The van der Waals surface area contributed by atoms with E-state index in [0.29, 0.717) is 0 Å². The Labute approximate surface area is 209 Å². The van der Waals surface area contributed by atoms with Crippen LogP contribution in [0.3, 0.4) is 0 Å². The van der Waals surface area contributed by atoms with E-state index in [9.17, 15) is 0 Å². The lowest BCUT2D eigenvalue weighted by atomic mass is 10.0. The first kappa shape index (κ1) is 26.2. The van der Waals surface area contributed by atoms with Crippen LogP contribution in [0.1, 0.15) is 102 Å². The number of aromatic nitrogens is 1. The molecular formula is C33H45N. The van der Waals surface area contributed by atoms with E-state index < -0.39 is 0 Å². The van der Waals surface area contributed by atoms with Gasteiger partial charge in [-0.3, -0.25) is 4.98 Å². The Bertz CT molecular complexity index is 828. The number of rotatable bonds is 16. The molecule has 0 aliphatic carbocycles. The Morgan fingerprint density at radius 1 is 0.441 bits per heavy atom. The standard InChI is InChI=1S/C33H45N/c1-3-5-7-9-11-13-15-28-17-21-30(22-18-28)32-25-26-33(34-27-32)31-23-19-29(20-24-31)16-14-12-10-8-6-4-2/h17-27H,3-16H2,1-2H3. The van der Waals surface area contributed by atoms with Crippen LogP contribution >= 0.6 is 0 Å². The SMILES string of the molecule is CCCCCCCCc1ccc(-c2ccc(-c3ccc(CCCCCCCC)cc3)nc2)cc1. The maximum Gasteiger partial charge on any atom is 0.0702 e. The zero-order chi connectivity index (χ0) is 23.8. The minimum absolute atomic E-state index is 1.05. The second-order valence-electron chi connectivity index (χ2n) is 9.86. The molecule has 0 fully saturated rings. The molecule has 0 bridgehead atoms. The van der Waals surface area contributed by atoms with E-state index in [1.165, 1.54) is 118 Å². The second-order valence-corrected chi connectivity index (χ2v) is 9.86. The third-order valence-corrected chi connectivity index (χ3v) is 6.94. The molecule has 0 aliphatic rings. The molecule has 0 saturated heterocycles. The lowest BCUT2D eigenvalue weighted by Crippen LogP contribution is -1.89. The van der Waals surface area contributed by atoms with Crippen molar-refractivity contribution in [3.63, 3.8) is 0 Å². The van der Waals surface area contributed by atoms with Crippen LogP contribution in [0.4, 0.5) is 0 Å². The van der Waals surface area contributed by atoms with Gasteiger partial charge in [0.2, 0.25) is 0 Å². The summed E-state index contributed by atoms with van der Waals surface area (Å²) in [6.07, 6.45) is 20.7. The van der Waals surface area contributed by atoms with Crippen molar-refractivity contribution < 1.29 is 0 Å². The summed E-state index contributed by atoms with van der Waals surface area (Å²) in [6, 6.07) is 22.4. The summed E-state index contributed by atoms with van der Waals surface area (Å²) in [4.78, 5) is 4.77. The maximum atomic E-state index is 4.77. The molecule has 0 radical (unpaired) electrons. The molecule has 1 aromatic heterocycles. The average molecular weight is 456 g/mol. The molecule has 1 nitrogen and oxygen atoms in total. The molecule has 3 rings (SSSR count). The number of unbranched alkanes of at least 4 members (excludes halogenated alkanes) is 10. The van der Waals surface area contributed by atoms with Crippen molar-refractivity contribution in [3.8, 4) is 22.4 Å². The van der Waals surface area contributed by atoms with Crippen LogP contribution in [-0.2, 0) is 12.8 Å². The van der Waals surface area contributed by atoms with Gasteiger partial charge in [-0.2, -0.15) is 0 Å². The highest BCUT2D eigenvalue weighted by Gasteiger charge is 2.03. The number of nitrogens with zero attached hydrogens (tertiary/aromatic N) is 1. The largest absolute Gasteiger partial charge is 0.256 e. The van der Waals surface area contributed by atoms with Gasteiger partial charge < -0.3 is 0 Å². The van der Waals surface area contributed by atoms with Gasteiger partial charge in [0.05, 0.1) is 5.69 Å². The van der Waals surface area contributed by atoms with Crippen LogP contribution in [-0.4, -0.2) is 4.98 Å². The third kappa shape index (κ3) is 9.09. The summed E-state index contributed by atoms with van der Waals surface area (Å²) in [5.74, 6) is 0. The molecule has 3 aromatic rings. The lowest BCUT2D eigenvalue weighted by molar-refractivity contribution is 0.607. The average Bonchev–Trinajstić information content (AvgIpc) is 2.89. The van der Waals surface area contributed by atoms with Crippen molar-refractivity contribution in [2.45, 2.75) is 104 Å². The highest BCUT2D eigenvalue weighted by molar-refractivity contribution is 5.67. The summed E-state index contributed by atoms with van der Waals surface area (Å²) < 4.78 is 0. The fraction of sp³-hybridized carbons (Fsp3) is 0.485. The number of aryl methyl sites for hydroxylation is 2. The van der Waals surface area contributed by atoms with Gasteiger partial charge in [0.15, 0.2) is 0 Å². The van der Waals surface area contributed by atoms with Gasteiger partial charge >= 0.3 is 0 Å². The van der Waals surface area contributed by atoms with Gasteiger partial charge in [-0.05, 0) is 48.4 Å². The first-order chi connectivity index (χ1) is 16.8. The summed E-state index contributed by atoms with van der Waals surface area (Å²) in [5, 5.41) is 0. The van der Waals surface area contributed by atoms with Gasteiger partial charge in [-0.25, -0.2) is 0 Å². The highest BCUT2D eigenvalue weighted by atomic mass is 14.7. The molecule has 1 heterocycles. The van der Waals surface area contributed by atoms with E-state index in [2.05, 4.69) is 74.5 Å². The maximum absolute atomic E-state index is 4.77. The summed E-state index contributed by atoms with van der Waals surface area (Å²) in [7, 11) is 0. The Balaban J connectivity index is 1.46. The van der Waals surface area contributed by atoms with E-state index in [1.54, 1.807) is 0 Å². The Morgan fingerprint density at radius 3 is 1.35 bits per heavy atom. The molecule has 0 atom stereocenters. The van der Waals surface area contributed by atoms with Crippen molar-refractivity contribution in [1.82, 2.24) is 4.98 Å². The number of pyridine rings is 1. The first-order valence-corrected chi connectivity index (χ1v) is 13.9. The van der Waals surface area contributed by atoms with Crippen molar-refractivity contribution in [1.29, 1.82) is 0 Å². The minimum Gasteiger partial charge on any atom is -0.256 e. The number of hydrogen-bond donors (Lipinski definition) is 0. The van der Waals surface area contributed by atoms with Crippen molar-refractivity contribution in [3.05, 3.63) is 78.0 Å². The zero-order valence-electron chi connectivity index (χ0n) is 21.7. The number of benzene rings is 2. The molecule has 0 amide bonds. The summed E-state index contributed by atoms with van der Waals surface area (Å²) in [6.45, 7) is 4.55. The van der Waals surface area contributed by atoms with E-state index in [1.807, 2.05) is 6.20 Å². The van der Waals surface area contributed by atoms with Crippen LogP contribution in [0.25, 0.3) is 22.4 Å². The van der Waals surface area contributed by atoms with E-state index >= 15 is 0 Å². The zero-order valence-corrected chi connectivity index (χ0v) is 21.7. The van der Waals surface area contributed by atoms with Gasteiger partial charge in [-0.15, -0.1) is 0 Å². The van der Waals surface area contributed by atoms with Crippen LogP contribution in [0.15, 0.2) is 66.9 Å². The second kappa shape index (κ2) is 15.5. The van der Waals surface area contributed by atoms with Gasteiger partial charge in [0.1, 0.15) is 0 Å². The molecule has 1 heteroatoms. The number of hydrogen-bond acceptors (Lipinski definition) is 1. The molecule has 2 aromatic carbocycles. The normalized spacial score (nSPS) is 11.1.